The van der Waals surface area contributed by atoms with Crippen molar-refractivity contribution >= 4 is 5.91 Å². The largest absolute Gasteiger partial charge is 0.471 e. The van der Waals surface area contributed by atoms with Crippen molar-refractivity contribution in [2.45, 2.75) is 25.4 Å². The minimum atomic E-state index is -4.76. The van der Waals surface area contributed by atoms with Crippen LogP contribution in [0.25, 0.3) is 0 Å². The highest BCUT2D eigenvalue weighted by atomic mass is 19.4. The maximum Gasteiger partial charge on any atom is 0.471 e. The number of hydrogen-bond acceptors (Lipinski definition) is 1. The fourth-order valence-electron chi connectivity index (χ4n) is 0.604. The molecule has 5 heteroatoms. The highest BCUT2D eigenvalue weighted by Crippen LogP contribution is 2.13. The first-order chi connectivity index (χ1) is 5.48. The Labute approximate surface area is 69.1 Å². The van der Waals surface area contributed by atoms with Crippen molar-refractivity contribution in [2.75, 3.05) is 6.54 Å². The number of hydrogen-bond donors (Lipinski definition) is 1. The van der Waals surface area contributed by atoms with Gasteiger partial charge in [0.2, 0.25) is 0 Å². The van der Waals surface area contributed by atoms with Gasteiger partial charge in [-0.3, -0.25) is 4.79 Å². The number of alkyl halides is 3. The topological polar surface area (TPSA) is 29.1 Å². The molecule has 0 saturated carbocycles. The molecule has 0 aromatic carbocycles. The number of nitrogens with one attached hydrogen (secondary N) is 1. The first-order valence-electron chi connectivity index (χ1n) is 3.62. The summed E-state index contributed by atoms with van der Waals surface area (Å²) in [6, 6.07) is 0. The molecule has 0 spiro atoms. The van der Waals surface area contributed by atoms with Crippen LogP contribution in [0.2, 0.25) is 0 Å². The van der Waals surface area contributed by atoms with E-state index in [0.29, 0.717) is 12.8 Å². The lowest BCUT2D eigenvalue weighted by Crippen LogP contribution is -2.37. The monoisotopic (exact) mass is 182 g/mol. The van der Waals surface area contributed by atoms with Gasteiger partial charge >= 0.3 is 12.1 Å². The Hall–Kier alpha value is -0.740. The van der Waals surface area contributed by atoms with Crippen LogP contribution in [0.5, 0.6) is 0 Å². The zero-order valence-corrected chi connectivity index (χ0v) is 6.58. The average molecular weight is 182 g/mol. The number of unbranched alkanes of at least 4 members (excludes halogenated alkanes) is 2. The Kier molecular flexibility index (Phi) is 4.70. The minimum Gasteiger partial charge on any atom is -0.348 e. The molecule has 0 bridgehead atoms. The first-order valence-corrected chi connectivity index (χ1v) is 3.62. The standard InChI is InChI=1S/C7H11F3NO/c1-2-3-4-5-11-6(12)7(8,9)10/h1-5H2,(H,11,12). The van der Waals surface area contributed by atoms with E-state index in [-0.39, 0.29) is 6.54 Å². The zero-order chi connectivity index (χ0) is 9.61. The van der Waals surface area contributed by atoms with E-state index in [4.69, 9.17) is 0 Å². The number of rotatable bonds is 4. The van der Waals surface area contributed by atoms with Gasteiger partial charge in [0.25, 0.3) is 0 Å². The molecule has 1 radical (unpaired) electrons. The number of halogens is 3. The van der Waals surface area contributed by atoms with Gasteiger partial charge in [0.1, 0.15) is 0 Å². The molecule has 0 aliphatic carbocycles. The Morgan fingerprint density at radius 2 is 1.92 bits per heavy atom. The molecule has 0 saturated heterocycles. The zero-order valence-electron chi connectivity index (χ0n) is 6.58. The molecule has 0 heterocycles. The van der Waals surface area contributed by atoms with Gasteiger partial charge in [-0.1, -0.05) is 19.8 Å². The molecule has 0 aliphatic heterocycles. The van der Waals surface area contributed by atoms with E-state index >= 15 is 0 Å². The summed E-state index contributed by atoms with van der Waals surface area (Å²) in [6.07, 6.45) is -2.84. The van der Waals surface area contributed by atoms with E-state index in [0.717, 1.165) is 6.42 Å². The van der Waals surface area contributed by atoms with Crippen LogP contribution in [-0.2, 0) is 4.79 Å². The Bertz CT molecular complexity index is 144. The summed E-state index contributed by atoms with van der Waals surface area (Å²) in [5, 5.41) is 1.77. The van der Waals surface area contributed by atoms with Crippen molar-refractivity contribution in [3.8, 4) is 0 Å². The quantitative estimate of drug-likeness (QED) is 0.658. The van der Waals surface area contributed by atoms with Crippen molar-refractivity contribution in [2.24, 2.45) is 0 Å². The van der Waals surface area contributed by atoms with Crippen molar-refractivity contribution in [3.63, 3.8) is 0 Å². The molecule has 2 nitrogen and oxygen atoms in total. The molecule has 0 unspecified atom stereocenters. The summed E-state index contributed by atoms with van der Waals surface area (Å²) in [5.41, 5.74) is 0. The van der Waals surface area contributed by atoms with E-state index < -0.39 is 12.1 Å². The van der Waals surface area contributed by atoms with Gasteiger partial charge in [0.15, 0.2) is 0 Å². The van der Waals surface area contributed by atoms with Crippen LogP contribution in [0.1, 0.15) is 19.3 Å². The summed E-state index contributed by atoms with van der Waals surface area (Å²) in [5.74, 6) is -1.87. The van der Waals surface area contributed by atoms with Gasteiger partial charge in [-0.15, -0.1) is 0 Å². The lowest BCUT2D eigenvalue weighted by Gasteiger charge is -2.06. The second-order valence-electron chi connectivity index (χ2n) is 2.31. The number of carbonyl (C=O) groups excluding carboxylic acids is 1. The van der Waals surface area contributed by atoms with Gasteiger partial charge in [-0.05, 0) is 6.42 Å². The third-order valence-electron chi connectivity index (χ3n) is 1.22. The molecular formula is C7H11F3NO. The maximum absolute atomic E-state index is 11.5. The molecule has 0 aromatic rings. The molecule has 0 rings (SSSR count). The van der Waals surface area contributed by atoms with Crippen LogP contribution in [-0.4, -0.2) is 18.6 Å². The van der Waals surface area contributed by atoms with Gasteiger partial charge < -0.3 is 5.32 Å². The van der Waals surface area contributed by atoms with E-state index in [9.17, 15) is 18.0 Å². The van der Waals surface area contributed by atoms with Crippen LogP contribution in [0.15, 0.2) is 0 Å². The highest BCUT2D eigenvalue weighted by Gasteiger charge is 2.37. The second-order valence-corrected chi connectivity index (χ2v) is 2.31. The lowest BCUT2D eigenvalue weighted by atomic mass is 10.2. The molecule has 0 atom stereocenters. The lowest BCUT2D eigenvalue weighted by molar-refractivity contribution is -0.173. The predicted octanol–water partition coefficient (Wildman–Crippen LogP) is 1.67. The maximum atomic E-state index is 11.5. The van der Waals surface area contributed by atoms with Crippen molar-refractivity contribution in [3.05, 3.63) is 6.92 Å². The summed E-state index contributed by atoms with van der Waals surface area (Å²) in [6.45, 7) is 3.58. The molecule has 1 amide bonds. The summed E-state index contributed by atoms with van der Waals surface area (Å²) >= 11 is 0. The number of amides is 1. The molecule has 0 fully saturated rings. The number of carbonyl (C=O) groups is 1. The fraction of sp³-hybridized carbons (Fsp3) is 0.714. The van der Waals surface area contributed by atoms with E-state index in [1.165, 1.54) is 0 Å². The Balaban J connectivity index is 3.45. The molecule has 12 heavy (non-hydrogen) atoms. The molecule has 0 aliphatic rings. The first kappa shape index (κ1) is 11.3. The smallest absolute Gasteiger partial charge is 0.348 e. The van der Waals surface area contributed by atoms with E-state index in [1.807, 2.05) is 0 Å². The summed E-state index contributed by atoms with van der Waals surface area (Å²) < 4.78 is 34.6. The third kappa shape index (κ3) is 4.98. The van der Waals surface area contributed by atoms with Gasteiger partial charge in [0.05, 0.1) is 0 Å². The second kappa shape index (κ2) is 5.00. The Morgan fingerprint density at radius 1 is 1.33 bits per heavy atom. The molecule has 0 aromatic heterocycles. The van der Waals surface area contributed by atoms with Gasteiger partial charge in [-0.2, -0.15) is 13.2 Å². The van der Waals surface area contributed by atoms with Crippen LogP contribution >= 0.6 is 0 Å². The summed E-state index contributed by atoms with van der Waals surface area (Å²) in [7, 11) is 0. The van der Waals surface area contributed by atoms with E-state index in [2.05, 4.69) is 6.92 Å². The fourth-order valence-corrected chi connectivity index (χ4v) is 0.604. The van der Waals surface area contributed by atoms with E-state index in [1.54, 1.807) is 5.32 Å². The van der Waals surface area contributed by atoms with Crippen LogP contribution in [0.4, 0.5) is 13.2 Å². The normalized spacial score (nSPS) is 11.3. The molecular weight excluding hydrogens is 171 g/mol. The highest BCUT2D eigenvalue weighted by molar-refractivity contribution is 5.81. The van der Waals surface area contributed by atoms with Crippen LogP contribution in [0, 0.1) is 6.92 Å². The average Bonchev–Trinajstić information content (AvgIpc) is 1.96. The molecule has 1 N–H and O–H groups in total. The summed E-state index contributed by atoms with van der Waals surface area (Å²) in [4.78, 5) is 10.2. The van der Waals surface area contributed by atoms with Crippen molar-refractivity contribution in [1.82, 2.24) is 5.32 Å². The van der Waals surface area contributed by atoms with Crippen LogP contribution in [0.3, 0.4) is 0 Å². The van der Waals surface area contributed by atoms with Crippen LogP contribution < -0.4 is 5.32 Å². The van der Waals surface area contributed by atoms with Crippen molar-refractivity contribution in [1.29, 1.82) is 0 Å². The predicted molar refractivity (Wildman–Crippen MR) is 38.3 cm³/mol. The minimum absolute atomic E-state index is 0.0634. The Morgan fingerprint density at radius 3 is 2.33 bits per heavy atom. The SMILES string of the molecule is [CH2]CCCCNC(=O)C(F)(F)F. The molecule has 71 valence electrons. The third-order valence-corrected chi connectivity index (χ3v) is 1.22. The van der Waals surface area contributed by atoms with Gasteiger partial charge in [0, 0.05) is 6.54 Å². The van der Waals surface area contributed by atoms with Crippen molar-refractivity contribution < 1.29 is 18.0 Å². The van der Waals surface area contributed by atoms with Gasteiger partial charge in [-0.25, -0.2) is 0 Å².